The lowest BCUT2D eigenvalue weighted by Gasteiger charge is -2.40. The van der Waals surface area contributed by atoms with E-state index in [4.69, 9.17) is 4.74 Å². The second kappa shape index (κ2) is 6.17. The summed E-state index contributed by atoms with van der Waals surface area (Å²) in [4.78, 5) is 8.99. The summed E-state index contributed by atoms with van der Waals surface area (Å²) < 4.78 is 95.4. The molecule has 160 valence electrons. The molecule has 0 amide bonds. The van der Waals surface area contributed by atoms with Crippen molar-refractivity contribution in [3.63, 3.8) is 0 Å². The molecule has 0 unspecified atom stereocenters. The Morgan fingerprint density at radius 2 is 1.57 bits per heavy atom. The van der Waals surface area contributed by atoms with E-state index in [1.165, 1.54) is 6.92 Å². The summed E-state index contributed by atoms with van der Waals surface area (Å²) in [6.45, 7) is 6.48. The van der Waals surface area contributed by atoms with Crippen molar-refractivity contribution in [2.75, 3.05) is 13.1 Å². The van der Waals surface area contributed by atoms with Gasteiger partial charge in [-0.15, -0.1) is 0 Å². The molecule has 28 heavy (non-hydrogen) atoms. The van der Waals surface area contributed by atoms with Gasteiger partial charge in [0.2, 0.25) is 10.0 Å². The van der Waals surface area contributed by atoms with Crippen molar-refractivity contribution in [3.8, 4) is 0 Å². The SMILES string of the molecule is C=C(C)C(=O)OC1(C)CCN(S(=O)(=O)c2ccc(S(F)(F)(F)(F)F)cc2)CC1. The molecule has 1 heterocycles. The molecule has 0 bridgehead atoms. The largest absolute Gasteiger partial charge is 0.456 e. The Bertz CT molecular complexity index is 903. The van der Waals surface area contributed by atoms with Crippen LogP contribution in [0.15, 0.2) is 46.2 Å². The van der Waals surface area contributed by atoms with Crippen LogP contribution in [-0.4, -0.2) is 37.4 Å². The fraction of sp³-hybridized carbons (Fsp3) is 0.438. The Morgan fingerprint density at radius 1 is 1.11 bits per heavy atom. The fourth-order valence-corrected chi connectivity index (χ4v) is 4.72. The predicted octanol–water partition coefficient (Wildman–Crippen LogP) is 5.01. The van der Waals surface area contributed by atoms with Crippen molar-refractivity contribution < 1.29 is 37.4 Å². The van der Waals surface area contributed by atoms with E-state index in [9.17, 15) is 32.6 Å². The van der Waals surface area contributed by atoms with Gasteiger partial charge in [0, 0.05) is 31.5 Å². The van der Waals surface area contributed by atoms with Gasteiger partial charge in [-0.2, -0.15) is 4.31 Å². The van der Waals surface area contributed by atoms with Gasteiger partial charge in [-0.1, -0.05) is 26.0 Å². The Labute approximate surface area is 159 Å². The number of rotatable bonds is 5. The predicted molar refractivity (Wildman–Crippen MR) is 95.1 cm³/mol. The number of carbonyl (C=O) groups excluding carboxylic acids is 1. The normalized spacial score (nSPS) is 20.7. The summed E-state index contributed by atoms with van der Waals surface area (Å²) in [7, 11) is -14.1. The number of benzene rings is 1. The minimum Gasteiger partial charge on any atom is -0.456 e. The van der Waals surface area contributed by atoms with Gasteiger partial charge in [0.15, 0.2) is 0 Å². The first kappa shape index (κ1) is 22.6. The lowest BCUT2D eigenvalue weighted by Crippen LogP contribution is -2.47. The number of piperidine rings is 1. The molecule has 1 aliphatic heterocycles. The van der Waals surface area contributed by atoms with Gasteiger partial charge in [-0.05, 0) is 38.1 Å². The molecule has 0 spiro atoms. The Hall–Kier alpha value is -1.66. The summed E-state index contributed by atoms with van der Waals surface area (Å²) in [5.41, 5.74) is -0.714. The van der Waals surface area contributed by atoms with Crippen molar-refractivity contribution in [2.45, 2.75) is 42.1 Å². The first-order valence-corrected chi connectivity index (χ1v) is 11.5. The minimum atomic E-state index is -9.87. The molecule has 0 radical (unpaired) electrons. The zero-order valence-corrected chi connectivity index (χ0v) is 16.8. The molecule has 2 rings (SSSR count). The molecule has 1 fully saturated rings. The highest BCUT2D eigenvalue weighted by Gasteiger charge is 2.65. The highest BCUT2D eigenvalue weighted by atomic mass is 32.5. The van der Waals surface area contributed by atoms with Gasteiger partial charge in [-0.3, -0.25) is 0 Å². The van der Waals surface area contributed by atoms with Crippen molar-refractivity contribution >= 4 is 26.2 Å². The van der Waals surface area contributed by atoms with E-state index >= 15 is 0 Å². The summed E-state index contributed by atoms with van der Waals surface area (Å²) in [5, 5.41) is 0. The molecule has 1 aliphatic rings. The zero-order chi connectivity index (χ0) is 21.7. The summed E-state index contributed by atoms with van der Waals surface area (Å²) >= 11 is 0. The molecule has 0 aromatic heterocycles. The Morgan fingerprint density at radius 3 is 1.96 bits per heavy atom. The number of hydrogen-bond acceptors (Lipinski definition) is 4. The number of ether oxygens (including phenoxy) is 1. The number of sulfonamides is 1. The third-order valence-electron chi connectivity index (χ3n) is 4.37. The number of nitrogens with zero attached hydrogens (tertiary/aromatic N) is 1. The molecule has 0 aliphatic carbocycles. The molecule has 5 nitrogen and oxygen atoms in total. The number of hydrogen-bond donors (Lipinski definition) is 0. The van der Waals surface area contributed by atoms with E-state index in [0.717, 1.165) is 4.31 Å². The van der Waals surface area contributed by atoms with Crippen LogP contribution < -0.4 is 0 Å². The van der Waals surface area contributed by atoms with E-state index in [-0.39, 0.29) is 43.6 Å². The lowest BCUT2D eigenvalue weighted by molar-refractivity contribution is -0.156. The molecule has 0 N–H and O–H groups in total. The van der Waals surface area contributed by atoms with E-state index in [0.29, 0.717) is 12.1 Å². The summed E-state index contributed by atoms with van der Waals surface area (Å²) in [6, 6.07) is 1.16. The Kier molecular flexibility index (Phi) is 4.98. The summed E-state index contributed by atoms with van der Waals surface area (Å²) in [5.74, 6) is -0.606. The van der Waals surface area contributed by atoms with Crippen molar-refractivity contribution in [1.29, 1.82) is 0 Å². The van der Waals surface area contributed by atoms with Crippen LogP contribution in [0.3, 0.4) is 0 Å². The first-order chi connectivity index (χ1) is 12.3. The highest BCUT2D eigenvalue weighted by molar-refractivity contribution is 8.45. The number of carbonyl (C=O) groups is 1. The molecule has 12 heteroatoms. The lowest BCUT2D eigenvalue weighted by atomic mass is 9.94. The van der Waals surface area contributed by atoms with Crippen LogP contribution in [0, 0.1) is 0 Å². The Balaban J connectivity index is 2.17. The number of halogens is 5. The van der Waals surface area contributed by atoms with E-state index in [1.807, 2.05) is 0 Å². The molecule has 1 aromatic rings. The van der Waals surface area contributed by atoms with E-state index < -0.39 is 41.6 Å². The van der Waals surface area contributed by atoms with Crippen LogP contribution in [0.4, 0.5) is 19.4 Å². The van der Waals surface area contributed by atoms with Gasteiger partial charge in [0.25, 0.3) is 0 Å². The van der Waals surface area contributed by atoms with E-state index in [1.54, 1.807) is 6.92 Å². The second-order valence-electron chi connectivity index (χ2n) is 6.96. The van der Waals surface area contributed by atoms with Gasteiger partial charge in [0.05, 0.1) is 4.90 Å². The smallest absolute Gasteiger partial charge is 0.333 e. The highest BCUT2D eigenvalue weighted by Crippen LogP contribution is 3.02. The maximum Gasteiger partial charge on any atom is 0.333 e. The maximum atomic E-state index is 12.8. The molecular weight excluding hydrogens is 429 g/mol. The van der Waals surface area contributed by atoms with Crippen LogP contribution in [0.2, 0.25) is 0 Å². The fourth-order valence-electron chi connectivity index (χ4n) is 2.63. The third-order valence-corrected chi connectivity index (χ3v) is 7.45. The zero-order valence-electron chi connectivity index (χ0n) is 15.1. The van der Waals surface area contributed by atoms with E-state index in [2.05, 4.69) is 6.58 Å². The first-order valence-electron chi connectivity index (χ1n) is 8.07. The number of esters is 1. The topological polar surface area (TPSA) is 63.7 Å². The van der Waals surface area contributed by atoms with Crippen LogP contribution in [0.1, 0.15) is 26.7 Å². The molecule has 1 saturated heterocycles. The quantitative estimate of drug-likeness (QED) is 0.360. The monoisotopic (exact) mass is 449 g/mol. The molecular formula is C16H20F5NO4S2. The second-order valence-corrected chi connectivity index (χ2v) is 11.3. The van der Waals surface area contributed by atoms with Crippen LogP contribution in [0.5, 0.6) is 0 Å². The van der Waals surface area contributed by atoms with Gasteiger partial charge < -0.3 is 4.74 Å². The summed E-state index contributed by atoms with van der Waals surface area (Å²) in [6.07, 6.45) is 0.323. The van der Waals surface area contributed by atoms with Crippen LogP contribution in [-0.2, 0) is 19.6 Å². The maximum absolute atomic E-state index is 12.8. The third kappa shape index (κ3) is 5.03. The van der Waals surface area contributed by atoms with Gasteiger partial charge in [-0.25, -0.2) is 13.2 Å². The minimum absolute atomic E-state index is 0.0500. The van der Waals surface area contributed by atoms with Crippen LogP contribution >= 0.6 is 10.2 Å². The van der Waals surface area contributed by atoms with Crippen molar-refractivity contribution in [3.05, 3.63) is 36.4 Å². The average molecular weight is 449 g/mol. The average Bonchev–Trinajstić information content (AvgIpc) is 2.53. The van der Waals surface area contributed by atoms with Gasteiger partial charge in [0.1, 0.15) is 10.5 Å². The standard InChI is InChI=1S/C16H20F5NO4S2/c1-12(2)15(23)26-16(3)8-10-22(11-9-16)27(24,25)13-4-6-14(7-5-13)28(17,18,19,20)21/h4-7H,1,8-11H2,2-3H3. The molecule has 0 atom stereocenters. The van der Waals surface area contributed by atoms with Crippen molar-refractivity contribution in [2.24, 2.45) is 0 Å². The van der Waals surface area contributed by atoms with Gasteiger partial charge >= 0.3 is 16.2 Å². The van der Waals surface area contributed by atoms with Crippen molar-refractivity contribution in [1.82, 2.24) is 4.31 Å². The van der Waals surface area contributed by atoms with Crippen LogP contribution in [0.25, 0.3) is 0 Å². The molecule has 1 aromatic carbocycles. The molecule has 0 saturated carbocycles.